The second-order valence-electron chi connectivity index (χ2n) is 4.10. The minimum atomic E-state index is -0.438. The molecule has 0 spiro atoms. The number of hydrazine groups is 1. The van der Waals surface area contributed by atoms with E-state index in [1.54, 1.807) is 10.5 Å². The number of hydrogen-bond acceptors (Lipinski definition) is 7. The summed E-state index contributed by atoms with van der Waals surface area (Å²) in [5, 5.41) is 13.3. The summed E-state index contributed by atoms with van der Waals surface area (Å²) in [7, 11) is 0. The van der Waals surface area contributed by atoms with E-state index in [0.29, 0.717) is 16.5 Å². The third-order valence-corrected chi connectivity index (χ3v) is 3.63. The largest absolute Gasteiger partial charge is 0.300 e. The van der Waals surface area contributed by atoms with Gasteiger partial charge in [0.2, 0.25) is 0 Å². The van der Waals surface area contributed by atoms with Crippen LogP contribution in [-0.4, -0.2) is 19.3 Å². The summed E-state index contributed by atoms with van der Waals surface area (Å²) >= 11 is 1.35. The van der Waals surface area contributed by atoms with Crippen LogP contribution in [-0.2, 0) is 0 Å². The van der Waals surface area contributed by atoms with Crippen molar-refractivity contribution in [2.45, 2.75) is 6.92 Å². The maximum Gasteiger partial charge on any atom is 0.286 e. The molecule has 0 aliphatic heterocycles. The monoisotopic (exact) mass is 290 g/mol. The molecule has 0 aromatic carbocycles. The van der Waals surface area contributed by atoms with E-state index in [0.717, 1.165) is 11.4 Å². The van der Waals surface area contributed by atoms with Gasteiger partial charge < -0.3 is 0 Å². The molecule has 0 unspecified atom stereocenters. The number of nitro groups is 1. The number of thiazole rings is 1. The summed E-state index contributed by atoms with van der Waals surface area (Å²) in [4.78, 5) is 19.1. The second-order valence-corrected chi connectivity index (χ2v) is 4.96. The molecule has 0 atom stereocenters. The molecule has 0 saturated carbocycles. The number of nitrogens with zero attached hydrogens (tertiary/aromatic N) is 4. The van der Waals surface area contributed by atoms with E-state index < -0.39 is 4.92 Å². The van der Waals surface area contributed by atoms with Gasteiger partial charge in [0.15, 0.2) is 5.13 Å². The first-order valence-electron chi connectivity index (χ1n) is 5.66. The number of nitrogens with one attached hydrogen (secondary N) is 1. The topological polar surface area (TPSA) is 111 Å². The molecule has 20 heavy (non-hydrogen) atoms. The SMILES string of the molecule is Cc1nc2ccc([N+](=O)[O-])cn2c1-c1csc(NN)n1. The van der Waals surface area contributed by atoms with E-state index >= 15 is 0 Å². The Morgan fingerprint density at radius 2 is 2.25 bits per heavy atom. The number of fused-ring (bicyclic) bond motifs is 1. The van der Waals surface area contributed by atoms with Crippen LogP contribution in [0.5, 0.6) is 0 Å². The van der Waals surface area contributed by atoms with Crippen molar-refractivity contribution >= 4 is 27.8 Å². The summed E-state index contributed by atoms with van der Waals surface area (Å²) in [6.45, 7) is 1.84. The predicted octanol–water partition coefficient (Wildman–Crippen LogP) is 1.96. The fraction of sp³-hybridized carbons (Fsp3) is 0.0909. The van der Waals surface area contributed by atoms with Gasteiger partial charge in [-0.1, -0.05) is 0 Å². The Morgan fingerprint density at radius 1 is 1.45 bits per heavy atom. The highest BCUT2D eigenvalue weighted by atomic mass is 32.1. The van der Waals surface area contributed by atoms with Crippen molar-refractivity contribution in [3.63, 3.8) is 0 Å². The normalized spacial score (nSPS) is 10.9. The second kappa shape index (κ2) is 4.54. The molecule has 3 aromatic heterocycles. The Morgan fingerprint density at radius 3 is 2.90 bits per heavy atom. The first kappa shape index (κ1) is 12.5. The average molecular weight is 290 g/mol. The quantitative estimate of drug-likeness (QED) is 0.433. The van der Waals surface area contributed by atoms with Gasteiger partial charge in [-0.25, -0.2) is 15.8 Å². The fourth-order valence-electron chi connectivity index (χ4n) is 2.02. The molecular weight excluding hydrogens is 280 g/mol. The summed E-state index contributed by atoms with van der Waals surface area (Å²) in [6, 6.07) is 3.04. The molecule has 9 heteroatoms. The lowest BCUT2D eigenvalue weighted by Crippen LogP contribution is -2.05. The number of hydrogen-bond donors (Lipinski definition) is 2. The molecule has 3 aromatic rings. The van der Waals surface area contributed by atoms with Crippen LogP contribution in [0.2, 0.25) is 0 Å². The number of nitrogens with two attached hydrogens (primary N) is 1. The van der Waals surface area contributed by atoms with Gasteiger partial charge in [0, 0.05) is 11.4 Å². The zero-order valence-corrected chi connectivity index (χ0v) is 11.2. The minimum Gasteiger partial charge on any atom is -0.300 e. The van der Waals surface area contributed by atoms with Gasteiger partial charge in [-0.2, -0.15) is 0 Å². The Kier molecular flexibility index (Phi) is 2.84. The molecule has 0 bridgehead atoms. The summed E-state index contributed by atoms with van der Waals surface area (Å²) in [6.07, 6.45) is 1.44. The van der Waals surface area contributed by atoms with Crippen molar-refractivity contribution in [2.75, 3.05) is 5.43 Å². The standard InChI is InChI=1S/C11H10N6O2S/c1-6-10(8-5-20-11(14-8)15-12)16-4-7(17(18)19)2-3-9(16)13-6/h2-5H,12H2,1H3,(H,14,15). The highest BCUT2D eigenvalue weighted by molar-refractivity contribution is 7.14. The molecule has 0 fully saturated rings. The number of anilines is 1. The summed E-state index contributed by atoms with van der Waals surface area (Å²) in [5.74, 6) is 5.32. The first-order chi connectivity index (χ1) is 9.60. The maximum atomic E-state index is 10.9. The maximum absolute atomic E-state index is 10.9. The molecule has 102 valence electrons. The van der Waals surface area contributed by atoms with Gasteiger partial charge in [0.05, 0.1) is 22.5 Å². The van der Waals surface area contributed by atoms with Gasteiger partial charge in [0.25, 0.3) is 5.69 Å². The van der Waals surface area contributed by atoms with Crippen molar-refractivity contribution in [1.29, 1.82) is 0 Å². The molecule has 3 rings (SSSR count). The lowest BCUT2D eigenvalue weighted by Gasteiger charge is -1.99. The third kappa shape index (κ3) is 1.89. The van der Waals surface area contributed by atoms with Crippen LogP contribution in [0.1, 0.15) is 5.69 Å². The van der Waals surface area contributed by atoms with E-state index in [9.17, 15) is 10.1 Å². The Hall–Kier alpha value is -2.52. The van der Waals surface area contributed by atoms with Crippen molar-refractivity contribution in [1.82, 2.24) is 14.4 Å². The molecule has 3 N–H and O–H groups in total. The van der Waals surface area contributed by atoms with Crippen LogP contribution in [0.4, 0.5) is 10.8 Å². The van der Waals surface area contributed by atoms with Crippen LogP contribution in [0, 0.1) is 17.0 Å². The van der Waals surface area contributed by atoms with Crippen molar-refractivity contribution in [3.05, 3.63) is 39.5 Å². The van der Waals surface area contributed by atoms with Crippen LogP contribution in [0.3, 0.4) is 0 Å². The molecule has 0 aliphatic rings. The number of aromatic nitrogens is 3. The molecule has 3 heterocycles. The van der Waals surface area contributed by atoms with Gasteiger partial charge in [-0.05, 0) is 13.0 Å². The molecule has 0 radical (unpaired) electrons. The molecule has 0 aliphatic carbocycles. The summed E-state index contributed by atoms with van der Waals surface area (Å²) in [5.41, 5.74) is 5.26. The molecular formula is C11H10N6O2S. The van der Waals surface area contributed by atoms with Gasteiger partial charge in [-0.3, -0.25) is 19.9 Å². The predicted molar refractivity (Wildman–Crippen MR) is 75.5 cm³/mol. The minimum absolute atomic E-state index is 0.00329. The number of pyridine rings is 1. The average Bonchev–Trinajstić information content (AvgIpc) is 3.00. The molecule has 0 amide bonds. The zero-order chi connectivity index (χ0) is 14.3. The van der Waals surface area contributed by atoms with Gasteiger partial charge in [0.1, 0.15) is 11.3 Å². The Balaban J connectivity index is 2.25. The first-order valence-corrected chi connectivity index (χ1v) is 6.53. The smallest absolute Gasteiger partial charge is 0.286 e. The van der Waals surface area contributed by atoms with Crippen LogP contribution >= 0.6 is 11.3 Å². The number of rotatable bonds is 3. The fourth-order valence-corrected chi connectivity index (χ4v) is 2.62. The van der Waals surface area contributed by atoms with Gasteiger partial charge >= 0.3 is 0 Å². The lowest BCUT2D eigenvalue weighted by molar-refractivity contribution is -0.385. The highest BCUT2D eigenvalue weighted by Gasteiger charge is 2.16. The van der Waals surface area contributed by atoms with E-state index in [4.69, 9.17) is 5.84 Å². The van der Waals surface area contributed by atoms with Gasteiger partial charge in [-0.15, -0.1) is 11.3 Å². The highest BCUT2D eigenvalue weighted by Crippen LogP contribution is 2.29. The lowest BCUT2D eigenvalue weighted by atomic mass is 10.3. The van der Waals surface area contributed by atoms with E-state index in [2.05, 4.69) is 15.4 Å². The van der Waals surface area contributed by atoms with E-state index in [1.165, 1.54) is 23.6 Å². The number of aryl methyl sites for hydroxylation is 1. The number of imidazole rings is 1. The Labute approximate surface area is 117 Å². The van der Waals surface area contributed by atoms with Crippen molar-refractivity contribution in [2.24, 2.45) is 5.84 Å². The van der Waals surface area contributed by atoms with Crippen LogP contribution < -0.4 is 11.3 Å². The van der Waals surface area contributed by atoms with Crippen LogP contribution in [0.15, 0.2) is 23.7 Å². The Bertz CT molecular complexity index is 808. The number of nitrogen functional groups attached to an aromatic ring is 1. The third-order valence-electron chi connectivity index (χ3n) is 2.86. The van der Waals surface area contributed by atoms with E-state index in [1.807, 2.05) is 12.3 Å². The molecule has 8 nitrogen and oxygen atoms in total. The van der Waals surface area contributed by atoms with Crippen molar-refractivity contribution in [3.8, 4) is 11.4 Å². The zero-order valence-electron chi connectivity index (χ0n) is 10.4. The van der Waals surface area contributed by atoms with Crippen molar-refractivity contribution < 1.29 is 4.92 Å². The van der Waals surface area contributed by atoms with Crippen LogP contribution in [0.25, 0.3) is 17.0 Å². The van der Waals surface area contributed by atoms with E-state index in [-0.39, 0.29) is 5.69 Å². The molecule has 0 saturated heterocycles. The summed E-state index contributed by atoms with van der Waals surface area (Å²) < 4.78 is 1.67.